The van der Waals surface area contributed by atoms with Crippen LogP contribution in [0.2, 0.25) is 0 Å². The first-order chi connectivity index (χ1) is 12.6. The van der Waals surface area contributed by atoms with Crippen molar-refractivity contribution in [3.8, 4) is 0 Å². The van der Waals surface area contributed by atoms with E-state index >= 15 is 0 Å². The number of halogens is 2. The molecule has 0 unspecified atom stereocenters. The van der Waals surface area contributed by atoms with Gasteiger partial charge in [-0.25, -0.2) is 0 Å². The second kappa shape index (κ2) is 10.4. The molecule has 146 valence electrons. The number of benzene rings is 2. The second-order valence-corrected chi connectivity index (χ2v) is 7.70. The van der Waals surface area contributed by atoms with E-state index in [0.29, 0.717) is 12.5 Å². The van der Waals surface area contributed by atoms with Crippen molar-refractivity contribution in [3.05, 3.63) is 64.1 Å². The summed E-state index contributed by atoms with van der Waals surface area (Å²) in [5.74, 6) is 0.459. The monoisotopic (exact) mass is 543 g/mol. The molecule has 1 fully saturated rings. The number of guanidine groups is 1. The van der Waals surface area contributed by atoms with Gasteiger partial charge in [0.25, 0.3) is 0 Å². The lowest BCUT2D eigenvalue weighted by atomic mass is 9.74. The van der Waals surface area contributed by atoms with E-state index in [1.54, 1.807) is 0 Å². The third-order valence-corrected chi connectivity index (χ3v) is 5.59. The Morgan fingerprint density at radius 3 is 2.56 bits per heavy atom. The highest BCUT2D eigenvalue weighted by Crippen LogP contribution is 2.35. The molecule has 0 spiro atoms. The van der Waals surface area contributed by atoms with E-state index in [1.807, 2.05) is 12.1 Å². The highest BCUT2D eigenvalue weighted by atomic mass is 127. The summed E-state index contributed by atoms with van der Waals surface area (Å²) >= 11 is 3.52. The first-order valence-corrected chi connectivity index (χ1v) is 9.90. The molecule has 4 nitrogen and oxygen atoms in total. The molecule has 0 atom stereocenters. The number of nitrogens with zero attached hydrogens (tertiary/aromatic N) is 1. The third-order valence-electron chi connectivity index (χ3n) is 5.07. The van der Waals surface area contributed by atoms with E-state index in [0.717, 1.165) is 42.6 Å². The molecule has 27 heavy (non-hydrogen) atoms. The maximum atomic E-state index is 6.18. The molecule has 6 heteroatoms. The van der Waals surface area contributed by atoms with Crippen LogP contribution >= 0.6 is 39.9 Å². The highest BCUT2D eigenvalue weighted by Gasteiger charge is 2.34. The van der Waals surface area contributed by atoms with Crippen molar-refractivity contribution < 1.29 is 4.74 Å². The molecule has 1 aliphatic rings. The Morgan fingerprint density at radius 2 is 1.89 bits per heavy atom. The zero-order valence-corrected chi connectivity index (χ0v) is 19.5. The summed E-state index contributed by atoms with van der Waals surface area (Å²) in [4.78, 5) is 4.69. The quantitative estimate of drug-likeness (QED) is 0.313. The van der Waals surface area contributed by atoms with Crippen molar-refractivity contribution in [3.63, 3.8) is 0 Å². The molecule has 3 rings (SSSR count). The highest BCUT2D eigenvalue weighted by molar-refractivity contribution is 14.0. The molecule has 2 aromatic carbocycles. The summed E-state index contributed by atoms with van der Waals surface area (Å²) < 4.78 is 6.68. The van der Waals surface area contributed by atoms with Crippen LogP contribution in [0.3, 0.4) is 0 Å². The largest absolute Gasteiger partial charge is 0.381 e. The third kappa shape index (κ3) is 5.93. The van der Waals surface area contributed by atoms with Crippen LogP contribution in [0, 0.1) is 0 Å². The smallest absolute Gasteiger partial charge is 0.193 e. The van der Waals surface area contributed by atoms with Crippen LogP contribution < -0.4 is 11.1 Å². The van der Waals surface area contributed by atoms with Crippen LogP contribution in [-0.2, 0) is 16.6 Å². The van der Waals surface area contributed by atoms with Gasteiger partial charge in [0.05, 0.1) is 6.54 Å². The molecule has 0 radical (unpaired) electrons. The molecular formula is C21H27BrIN3O. The summed E-state index contributed by atoms with van der Waals surface area (Å²) in [6.45, 7) is 4.32. The molecule has 0 bridgehead atoms. The molecule has 0 saturated carbocycles. The number of aliphatic imine (C=N–C) groups is 1. The Kier molecular flexibility index (Phi) is 8.57. The van der Waals surface area contributed by atoms with E-state index in [4.69, 9.17) is 10.5 Å². The van der Waals surface area contributed by atoms with Gasteiger partial charge < -0.3 is 15.8 Å². The summed E-state index contributed by atoms with van der Waals surface area (Å²) in [6, 6.07) is 16.8. The standard InChI is InChI=1S/C21H26BrN3O.HI/c1-2-16-4-3-5-19(14-16)25-20(23)24-15-21(10-12-26-13-11-21)17-6-8-18(22)9-7-17;/h3-9,14H,2,10-13,15H2,1H3,(H3,23,24,25);1H. The zero-order chi connectivity index (χ0) is 18.4. The Morgan fingerprint density at radius 1 is 1.19 bits per heavy atom. The van der Waals surface area contributed by atoms with Gasteiger partial charge in [0.15, 0.2) is 5.96 Å². The fourth-order valence-electron chi connectivity index (χ4n) is 3.40. The molecule has 0 aromatic heterocycles. The summed E-state index contributed by atoms with van der Waals surface area (Å²) in [7, 11) is 0. The maximum Gasteiger partial charge on any atom is 0.193 e. The second-order valence-electron chi connectivity index (χ2n) is 6.78. The number of nitrogens with one attached hydrogen (secondary N) is 1. The van der Waals surface area contributed by atoms with E-state index in [1.165, 1.54) is 11.1 Å². The van der Waals surface area contributed by atoms with Gasteiger partial charge in [-0.3, -0.25) is 4.99 Å². The van der Waals surface area contributed by atoms with E-state index in [2.05, 4.69) is 69.6 Å². The number of rotatable bonds is 5. The fourth-order valence-corrected chi connectivity index (χ4v) is 3.66. The van der Waals surface area contributed by atoms with Crippen LogP contribution in [0.4, 0.5) is 5.69 Å². The fraction of sp³-hybridized carbons (Fsp3) is 0.381. The Labute approximate surface area is 187 Å². The molecule has 1 aliphatic heterocycles. The average molecular weight is 544 g/mol. The lowest BCUT2D eigenvalue weighted by Crippen LogP contribution is -2.38. The van der Waals surface area contributed by atoms with Crippen molar-refractivity contribution in [2.24, 2.45) is 10.7 Å². The van der Waals surface area contributed by atoms with Gasteiger partial charge >= 0.3 is 0 Å². The first kappa shape index (κ1) is 22.2. The molecule has 0 amide bonds. The van der Waals surface area contributed by atoms with Crippen molar-refractivity contribution in [1.82, 2.24) is 0 Å². The summed E-state index contributed by atoms with van der Waals surface area (Å²) in [6.07, 6.45) is 2.91. The molecular weight excluding hydrogens is 517 g/mol. The number of hydrogen-bond donors (Lipinski definition) is 2. The number of hydrogen-bond acceptors (Lipinski definition) is 2. The van der Waals surface area contributed by atoms with Crippen LogP contribution in [-0.4, -0.2) is 25.7 Å². The van der Waals surface area contributed by atoms with E-state index in [-0.39, 0.29) is 29.4 Å². The molecule has 1 heterocycles. The van der Waals surface area contributed by atoms with Gasteiger partial charge in [0, 0.05) is 28.8 Å². The van der Waals surface area contributed by atoms with Gasteiger partial charge in [0.1, 0.15) is 0 Å². The van der Waals surface area contributed by atoms with E-state index < -0.39 is 0 Å². The van der Waals surface area contributed by atoms with E-state index in [9.17, 15) is 0 Å². The zero-order valence-electron chi connectivity index (χ0n) is 15.6. The normalized spacial score (nSPS) is 16.4. The van der Waals surface area contributed by atoms with Crippen LogP contribution in [0.5, 0.6) is 0 Å². The van der Waals surface area contributed by atoms with Crippen molar-refractivity contribution in [2.45, 2.75) is 31.6 Å². The number of anilines is 1. The Balaban J connectivity index is 0.00000261. The SMILES string of the molecule is CCc1cccc(NC(N)=NCC2(c3ccc(Br)cc3)CCOCC2)c1.I. The summed E-state index contributed by atoms with van der Waals surface area (Å²) in [5, 5.41) is 3.22. The van der Waals surface area contributed by atoms with Crippen molar-refractivity contribution in [1.29, 1.82) is 0 Å². The Hall–Kier alpha value is -1.12. The van der Waals surface area contributed by atoms with Gasteiger partial charge in [-0.05, 0) is 54.7 Å². The van der Waals surface area contributed by atoms with Gasteiger partial charge in [-0.1, -0.05) is 47.1 Å². The van der Waals surface area contributed by atoms with Crippen LogP contribution in [0.25, 0.3) is 0 Å². The molecule has 0 aliphatic carbocycles. The minimum absolute atomic E-state index is 0. The predicted molar refractivity (Wildman–Crippen MR) is 127 cm³/mol. The number of ether oxygens (including phenoxy) is 1. The molecule has 3 N–H and O–H groups in total. The van der Waals surface area contributed by atoms with Crippen molar-refractivity contribution in [2.75, 3.05) is 25.1 Å². The number of aryl methyl sites for hydroxylation is 1. The first-order valence-electron chi connectivity index (χ1n) is 9.11. The lowest BCUT2D eigenvalue weighted by Gasteiger charge is -2.36. The van der Waals surface area contributed by atoms with Gasteiger partial charge in [0.2, 0.25) is 0 Å². The van der Waals surface area contributed by atoms with Gasteiger partial charge in [-0.15, -0.1) is 24.0 Å². The lowest BCUT2D eigenvalue weighted by molar-refractivity contribution is 0.0531. The molecule has 1 saturated heterocycles. The van der Waals surface area contributed by atoms with Gasteiger partial charge in [-0.2, -0.15) is 0 Å². The van der Waals surface area contributed by atoms with Crippen molar-refractivity contribution >= 4 is 51.6 Å². The minimum Gasteiger partial charge on any atom is -0.381 e. The Bertz CT molecular complexity index is 758. The number of nitrogens with two attached hydrogens (primary N) is 1. The predicted octanol–water partition coefficient (Wildman–Crippen LogP) is 5.10. The topological polar surface area (TPSA) is 59.6 Å². The minimum atomic E-state index is -0.0173. The average Bonchev–Trinajstić information content (AvgIpc) is 2.68. The van der Waals surface area contributed by atoms with Crippen LogP contribution in [0.15, 0.2) is 58.0 Å². The summed E-state index contributed by atoms with van der Waals surface area (Å²) in [5.41, 5.74) is 9.72. The molecule has 2 aromatic rings. The van der Waals surface area contributed by atoms with Crippen LogP contribution in [0.1, 0.15) is 30.9 Å². The maximum absolute atomic E-state index is 6.18.